The van der Waals surface area contributed by atoms with Gasteiger partial charge in [0.05, 0.1) is 6.04 Å². The third-order valence-electron chi connectivity index (χ3n) is 5.22. The summed E-state index contributed by atoms with van der Waals surface area (Å²) in [6.07, 6.45) is 4.45. The molecule has 0 unspecified atom stereocenters. The highest BCUT2D eigenvalue weighted by atomic mass is 19.1. The highest BCUT2D eigenvalue weighted by Crippen LogP contribution is 2.40. The van der Waals surface area contributed by atoms with Crippen LogP contribution < -0.4 is 10.6 Å². The molecule has 0 amide bonds. The fraction of sp³-hybridized carbons (Fsp3) is 0.400. The summed E-state index contributed by atoms with van der Waals surface area (Å²) in [6.45, 7) is 1.78. The van der Waals surface area contributed by atoms with E-state index in [2.05, 4.69) is 35.8 Å². The summed E-state index contributed by atoms with van der Waals surface area (Å²) in [5.74, 6) is 1.77. The molecule has 7 nitrogen and oxygen atoms in total. The molecule has 0 spiro atoms. The number of anilines is 3. The van der Waals surface area contributed by atoms with E-state index in [1.807, 2.05) is 6.07 Å². The number of hydrogen-bond acceptors (Lipinski definition) is 6. The van der Waals surface area contributed by atoms with Gasteiger partial charge in [-0.3, -0.25) is 5.10 Å². The Morgan fingerprint density at radius 3 is 2.48 bits per heavy atom. The van der Waals surface area contributed by atoms with E-state index in [1.165, 1.54) is 25.0 Å². The molecule has 0 aliphatic heterocycles. The van der Waals surface area contributed by atoms with Crippen molar-refractivity contribution in [1.29, 1.82) is 0 Å². The van der Waals surface area contributed by atoms with Crippen molar-refractivity contribution in [3.63, 3.8) is 0 Å². The molecule has 29 heavy (non-hydrogen) atoms. The number of nitrogens with one attached hydrogen (secondary N) is 3. The summed E-state index contributed by atoms with van der Waals surface area (Å²) in [4.78, 5) is 13.4. The van der Waals surface area contributed by atoms with Crippen molar-refractivity contribution in [3.8, 4) is 0 Å². The van der Waals surface area contributed by atoms with Gasteiger partial charge in [0.1, 0.15) is 17.5 Å². The maximum Gasteiger partial charge on any atom is 0.233 e. The summed E-state index contributed by atoms with van der Waals surface area (Å²) in [6, 6.07) is 5.07. The van der Waals surface area contributed by atoms with Gasteiger partial charge in [0.15, 0.2) is 5.82 Å². The van der Waals surface area contributed by atoms with E-state index in [0.29, 0.717) is 40.9 Å². The number of hydrogen-bond donors (Lipinski definition) is 3. The van der Waals surface area contributed by atoms with Gasteiger partial charge in [0, 0.05) is 35.2 Å². The molecule has 9 heteroatoms. The number of aromatic nitrogens is 5. The van der Waals surface area contributed by atoms with Crippen molar-refractivity contribution >= 4 is 17.7 Å². The largest absolute Gasteiger partial charge is 0.347 e. The lowest BCUT2D eigenvalue weighted by molar-refractivity contribution is 0.566. The third kappa shape index (κ3) is 4.03. The van der Waals surface area contributed by atoms with Gasteiger partial charge in [-0.15, -0.1) is 0 Å². The minimum atomic E-state index is -0.607. The molecule has 3 N–H and O–H groups in total. The second-order valence-electron chi connectivity index (χ2n) is 7.75. The Morgan fingerprint density at radius 1 is 1.00 bits per heavy atom. The molecular weight excluding hydrogens is 376 g/mol. The van der Waals surface area contributed by atoms with E-state index >= 15 is 0 Å². The van der Waals surface area contributed by atoms with E-state index in [9.17, 15) is 8.78 Å². The van der Waals surface area contributed by atoms with Gasteiger partial charge < -0.3 is 10.6 Å². The van der Waals surface area contributed by atoms with Crippen LogP contribution >= 0.6 is 0 Å². The maximum absolute atomic E-state index is 14.1. The number of benzene rings is 1. The van der Waals surface area contributed by atoms with Crippen LogP contribution in [0.4, 0.5) is 26.5 Å². The van der Waals surface area contributed by atoms with Crippen LogP contribution in [0.5, 0.6) is 0 Å². The van der Waals surface area contributed by atoms with Crippen molar-refractivity contribution in [2.24, 2.45) is 0 Å². The first-order valence-electron chi connectivity index (χ1n) is 9.85. The van der Waals surface area contributed by atoms with E-state index in [0.717, 1.165) is 24.6 Å². The summed E-state index contributed by atoms with van der Waals surface area (Å²) >= 11 is 0. The molecule has 0 radical (unpaired) electrons. The molecule has 1 aromatic carbocycles. The Morgan fingerprint density at radius 2 is 1.76 bits per heavy atom. The minimum Gasteiger partial charge on any atom is -0.347 e. The molecule has 0 bridgehead atoms. The lowest BCUT2D eigenvalue weighted by Crippen LogP contribution is -2.14. The van der Waals surface area contributed by atoms with Crippen molar-refractivity contribution in [1.82, 2.24) is 25.1 Å². The zero-order valence-corrected chi connectivity index (χ0v) is 15.9. The fourth-order valence-corrected chi connectivity index (χ4v) is 3.28. The molecule has 150 valence electrons. The van der Waals surface area contributed by atoms with Crippen LogP contribution in [-0.2, 0) is 0 Å². The van der Waals surface area contributed by atoms with Crippen molar-refractivity contribution in [3.05, 3.63) is 53.0 Å². The number of nitrogens with zero attached hydrogens (tertiary/aromatic N) is 4. The standard InChI is InChI=1S/C20H21F2N7/c1-10(14-7-6-13(21)8-15(14)22)23-19-25-18(12-4-5-12)26-20(27-19)24-17-9-16(28-29-17)11-2-3-11/h6-12H,2-5H2,1H3,(H3,23,24,25,26,27,28,29)/t10-/m0/s1. The molecule has 2 aromatic heterocycles. The predicted molar refractivity (Wildman–Crippen MR) is 104 cm³/mol. The molecule has 3 aromatic rings. The molecule has 5 rings (SSSR count). The highest BCUT2D eigenvalue weighted by molar-refractivity contribution is 5.50. The first-order chi connectivity index (χ1) is 14.0. The van der Waals surface area contributed by atoms with Gasteiger partial charge in [0.25, 0.3) is 0 Å². The molecular formula is C20H21F2N7. The number of aromatic amines is 1. The van der Waals surface area contributed by atoms with Gasteiger partial charge in [-0.25, -0.2) is 8.78 Å². The van der Waals surface area contributed by atoms with Gasteiger partial charge in [-0.2, -0.15) is 20.1 Å². The van der Waals surface area contributed by atoms with Crippen LogP contribution in [0.1, 0.15) is 67.6 Å². The number of rotatable bonds is 7. The van der Waals surface area contributed by atoms with Crippen molar-refractivity contribution < 1.29 is 8.78 Å². The average Bonchev–Trinajstić information content (AvgIpc) is 3.60. The predicted octanol–water partition coefficient (Wildman–Crippen LogP) is 4.54. The zero-order valence-electron chi connectivity index (χ0n) is 15.9. The minimum absolute atomic E-state index is 0.318. The highest BCUT2D eigenvalue weighted by Gasteiger charge is 2.29. The first kappa shape index (κ1) is 18.0. The summed E-state index contributed by atoms with van der Waals surface area (Å²) in [5.41, 5.74) is 1.46. The molecule has 1 atom stereocenters. The van der Waals surface area contributed by atoms with Crippen LogP contribution in [0.15, 0.2) is 24.3 Å². The van der Waals surface area contributed by atoms with E-state index in [4.69, 9.17) is 0 Å². The SMILES string of the molecule is C[C@H](Nc1nc(Nc2cc(C3CC3)[nH]n2)nc(C2CC2)n1)c1ccc(F)cc1F. The number of H-pyrrole nitrogens is 1. The number of halogens is 2. The monoisotopic (exact) mass is 397 g/mol. The van der Waals surface area contributed by atoms with Gasteiger partial charge in [-0.1, -0.05) is 6.07 Å². The first-order valence-corrected chi connectivity index (χ1v) is 9.85. The average molecular weight is 397 g/mol. The Hall–Kier alpha value is -3.10. The normalized spacial score (nSPS) is 17.2. The molecule has 0 saturated heterocycles. The zero-order chi connectivity index (χ0) is 20.0. The lowest BCUT2D eigenvalue weighted by atomic mass is 10.1. The Labute approximate surface area is 166 Å². The molecule has 2 aliphatic rings. The van der Waals surface area contributed by atoms with Gasteiger partial charge in [-0.05, 0) is 38.7 Å². The van der Waals surface area contributed by atoms with Crippen LogP contribution in [0.3, 0.4) is 0 Å². The van der Waals surface area contributed by atoms with Crippen LogP contribution in [0.2, 0.25) is 0 Å². The van der Waals surface area contributed by atoms with E-state index < -0.39 is 17.7 Å². The van der Waals surface area contributed by atoms with Crippen molar-refractivity contribution in [2.45, 2.75) is 50.5 Å². The summed E-state index contributed by atoms with van der Waals surface area (Å²) < 4.78 is 27.3. The third-order valence-corrected chi connectivity index (χ3v) is 5.22. The Balaban J connectivity index is 1.38. The van der Waals surface area contributed by atoms with Crippen LogP contribution in [0.25, 0.3) is 0 Å². The van der Waals surface area contributed by atoms with Gasteiger partial charge >= 0.3 is 0 Å². The molecule has 2 fully saturated rings. The molecule has 2 saturated carbocycles. The maximum atomic E-state index is 14.1. The lowest BCUT2D eigenvalue weighted by Gasteiger charge is -2.16. The van der Waals surface area contributed by atoms with E-state index in [-0.39, 0.29) is 0 Å². The molecule has 2 aliphatic carbocycles. The van der Waals surface area contributed by atoms with Crippen LogP contribution in [-0.4, -0.2) is 25.1 Å². The fourth-order valence-electron chi connectivity index (χ4n) is 3.28. The summed E-state index contributed by atoms with van der Waals surface area (Å²) in [5, 5.41) is 13.6. The Kier molecular flexibility index (Phi) is 4.37. The second kappa shape index (κ2) is 7.06. The Bertz CT molecular complexity index is 1040. The quantitative estimate of drug-likeness (QED) is 0.542. The smallest absolute Gasteiger partial charge is 0.233 e. The van der Waals surface area contributed by atoms with Gasteiger partial charge in [0.2, 0.25) is 11.9 Å². The molecule has 2 heterocycles. The summed E-state index contributed by atoms with van der Waals surface area (Å²) in [7, 11) is 0. The topological polar surface area (TPSA) is 91.4 Å². The van der Waals surface area contributed by atoms with Crippen molar-refractivity contribution in [2.75, 3.05) is 10.6 Å². The van der Waals surface area contributed by atoms with E-state index in [1.54, 1.807) is 6.92 Å². The second-order valence-corrected chi connectivity index (χ2v) is 7.75. The van der Waals surface area contributed by atoms with Crippen LogP contribution in [0, 0.1) is 11.6 Å².